The number of aromatic nitrogens is 3. The number of rotatable bonds is 14. The van der Waals surface area contributed by atoms with Crippen LogP contribution in [-0.4, -0.2) is 59.9 Å². The Balaban J connectivity index is 1.39. The summed E-state index contributed by atoms with van der Waals surface area (Å²) in [5.41, 5.74) is 2.13. The van der Waals surface area contributed by atoms with E-state index in [1.54, 1.807) is 63.4 Å². The largest absolute Gasteiger partial charge is 0.497 e. The molecule has 1 aromatic heterocycles. The molecule has 0 aliphatic carbocycles. The van der Waals surface area contributed by atoms with Crippen LogP contribution in [0.25, 0.3) is 11.0 Å². The number of esters is 1. The molecule has 0 saturated carbocycles. The number of methoxy groups -OCH3 is 2. The molecular formula is C31H36N4O8. The standard InChI is InChI=1S/C31H36N4O8/c1-6-31(2,3)43-30(37)32-26(29(36)40-19-22-13-16-24(38-4)18-28(22)39-5)17-21-11-14-23(15-12-21)41-20-42-35-27-10-8-7-9-25(27)33-34-35/h7-16,18,26H,6,17,19-20H2,1-5H3,(H,32,37). The van der Waals surface area contributed by atoms with Gasteiger partial charge in [-0.25, -0.2) is 9.59 Å². The number of amides is 1. The van der Waals surface area contributed by atoms with Crippen molar-refractivity contribution in [2.45, 2.75) is 51.9 Å². The van der Waals surface area contributed by atoms with Gasteiger partial charge in [0.05, 0.1) is 14.2 Å². The lowest BCUT2D eigenvalue weighted by Gasteiger charge is -2.25. The summed E-state index contributed by atoms with van der Waals surface area (Å²) in [6.07, 6.45) is 0.0427. The lowest BCUT2D eigenvalue weighted by Crippen LogP contribution is -2.45. The predicted octanol–water partition coefficient (Wildman–Crippen LogP) is 4.48. The van der Waals surface area contributed by atoms with Crippen LogP contribution in [0.3, 0.4) is 0 Å². The maximum absolute atomic E-state index is 13.2. The molecule has 12 heteroatoms. The Morgan fingerprint density at radius 2 is 1.72 bits per heavy atom. The number of fused-ring (bicyclic) bond motifs is 1. The van der Waals surface area contributed by atoms with Crippen molar-refractivity contribution < 1.29 is 38.1 Å². The number of para-hydroxylation sites is 1. The zero-order chi connectivity index (χ0) is 30.8. The van der Waals surface area contributed by atoms with Crippen molar-refractivity contribution in [2.24, 2.45) is 0 Å². The molecule has 0 radical (unpaired) electrons. The lowest BCUT2D eigenvalue weighted by molar-refractivity contribution is -0.147. The Kier molecular flexibility index (Phi) is 10.3. The van der Waals surface area contributed by atoms with Gasteiger partial charge in [0.15, 0.2) is 0 Å². The summed E-state index contributed by atoms with van der Waals surface area (Å²) in [6.45, 7) is 5.34. The third-order valence-electron chi connectivity index (χ3n) is 6.75. The van der Waals surface area contributed by atoms with E-state index in [1.807, 2.05) is 31.2 Å². The average Bonchev–Trinajstić information content (AvgIpc) is 3.43. The number of carbonyl (C=O) groups excluding carboxylic acids is 2. The SMILES string of the molecule is CCC(C)(C)OC(=O)NC(Cc1ccc(OCOn2nnc3ccccc32)cc1)C(=O)OCc1ccc(OC)cc1OC. The van der Waals surface area contributed by atoms with Gasteiger partial charge >= 0.3 is 12.1 Å². The van der Waals surface area contributed by atoms with E-state index in [1.165, 1.54) is 12.0 Å². The highest BCUT2D eigenvalue weighted by molar-refractivity contribution is 5.82. The van der Waals surface area contributed by atoms with Gasteiger partial charge in [0.2, 0.25) is 0 Å². The summed E-state index contributed by atoms with van der Waals surface area (Å²) in [4.78, 5) is 32.8. The molecule has 0 saturated heterocycles. The Morgan fingerprint density at radius 1 is 0.977 bits per heavy atom. The minimum absolute atomic E-state index is 0.0620. The molecule has 4 rings (SSSR count). The minimum atomic E-state index is -1.01. The van der Waals surface area contributed by atoms with E-state index in [0.29, 0.717) is 34.7 Å². The fourth-order valence-corrected chi connectivity index (χ4v) is 3.95. The molecule has 1 unspecified atom stereocenters. The summed E-state index contributed by atoms with van der Waals surface area (Å²) in [5.74, 6) is 1.03. The Morgan fingerprint density at radius 3 is 2.44 bits per heavy atom. The zero-order valence-corrected chi connectivity index (χ0v) is 24.9. The summed E-state index contributed by atoms with van der Waals surface area (Å²) >= 11 is 0. The van der Waals surface area contributed by atoms with Crippen molar-refractivity contribution in [1.29, 1.82) is 0 Å². The number of alkyl carbamates (subject to hydrolysis) is 1. The first-order valence-electron chi connectivity index (χ1n) is 13.7. The molecule has 3 aromatic carbocycles. The van der Waals surface area contributed by atoms with Crippen LogP contribution in [0, 0.1) is 0 Å². The molecular weight excluding hydrogens is 556 g/mol. The monoisotopic (exact) mass is 592 g/mol. The van der Waals surface area contributed by atoms with E-state index < -0.39 is 23.7 Å². The second kappa shape index (κ2) is 14.3. The van der Waals surface area contributed by atoms with Gasteiger partial charge in [0, 0.05) is 18.1 Å². The van der Waals surface area contributed by atoms with Crippen LogP contribution in [0.2, 0.25) is 0 Å². The highest BCUT2D eigenvalue weighted by Crippen LogP contribution is 2.25. The van der Waals surface area contributed by atoms with E-state index in [4.69, 9.17) is 28.5 Å². The normalized spacial score (nSPS) is 11.8. The molecule has 1 atom stereocenters. The fraction of sp³-hybridized carbons (Fsp3) is 0.355. The number of nitrogens with one attached hydrogen (secondary N) is 1. The van der Waals surface area contributed by atoms with Crippen molar-refractivity contribution in [3.63, 3.8) is 0 Å². The van der Waals surface area contributed by atoms with Crippen molar-refractivity contribution in [3.05, 3.63) is 77.9 Å². The van der Waals surface area contributed by atoms with Gasteiger partial charge in [-0.1, -0.05) is 36.0 Å². The molecule has 1 N–H and O–H groups in total. The summed E-state index contributed by atoms with van der Waals surface area (Å²) in [5, 5.41) is 10.7. The number of hydrogen-bond acceptors (Lipinski definition) is 10. The maximum Gasteiger partial charge on any atom is 0.408 e. The van der Waals surface area contributed by atoms with Crippen LogP contribution in [-0.2, 0) is 27.3 Å². The molecule has 0 fully saturated rings. The van der Waals surface area contributed by atoms with Gasteiger partial charge in [0.1, 0.15) is 46.5 Å². The van der Waals surface area contributed by atoms with Crippen molar-refractivity contribution in [2.75, 3.05) is 21.0 Å². The second-order valence-electron chi connectivity index (χ2n) is 10.2. The summed E-state index contributed by atoms with van der Waals surface area (Å²) in [6, 6.07) is 18.6. The van der Waals surface area contributed by atoms with Crippen LogP contribution in [0.15, 0.2) is 66.7 Å². The first kappa shape index (κ1) is 30.9. The average molecular weight is 593 g/mol. The van der Waals surface area contributed by atoms with E-state index >= 15 is 0 Å². The van der Waals surface area contributed by atoms with Gasteiger partial charge < -0.3 is 33.8 Å². The number of ether oxygens (including phenoxy) is 5. The summed E-state index contributed by atoms with van der Waals surface area (Å²) in [7, 11) is 3.07. The molecule has 0 aliphatic heterocycles. The first-order chi connectivity index (χ1) is 20.7. The summed E-state index contributed by atoms with van der Waals surface area (Å²) < 4.78 is 27.4. The Hall–Kier alpha value is -5.00. The van der Waals surface area contributed by atoms with Crippen LogP contribution >= 0.6 is 0 Å². The third-order valence-corrected chi connectivity index (χ3v) is 6.75. The molecule has 0 bridgehead atoms. The van der Waals surface area contributed by atoms with Crippen molar-refractivity contribution in [3.8, 4) is 17.2 Å². The van der Waals surface area contributed by atoms with E-state index in [-0.39, 0.29) is 19.8 Å². The first-order valence-corrected chi connectivity index (χ1v) is 13.7. The maximum atomic E-state index is 13.2. The molecule has 43 heavy (non-hydrogen) atoms. The van der Waals surface area contributed by atoms with E-state index in [2.05, 4.69) is 15.6 Å². The van der Waals surface area contributed by atoms with Gasteiger partial charge in [-0.05, 0) is 67.4 Å². The molecule has 1 amide bonds. The van der Waals surface area contributed by atoms with Crippen LogP contribution in [0.4, 0.5) is 4.79 Å². The molecule has 12 nitrogen and oxygen atoms in total. The van der Waals surface area contributed by atoms with Gasteiger partial charge in [-0.15, -0.1) is 5.10 Å². The number of nitrogens with zero attached hydrogens (tertiary/aromatic N) is 3. The van der Waals surface area contributed by atoms with Crippen LogP contribution in [0.1, 0.15) is 38.3 Å². The lowest BCUT2D eigenvalue weighted by atomic mass is 10.1. The molecule has 0 spiro atoms. The highest BCUT2D eigenvalue weighted by Gasteiger charge is 2.27. The number of carbonyl (C=O) groups is 2. The zero-order valence-electron chi connectivity index (χ0n) is 24.9. The van der Waals surface area contributed by atoms with E-state index in [0.717, 1.165) is 11.1 Å². The topological polar surface area (TPSA) is 132 Å². The van der Waals surface area contributed by atoms with Crippen molar-refractivity contribution >= 4 is 23.1 Å². The molecule has 4 aromatic rings. The van der Waals surface area contributed by atoms with Crippen molar-refractivity contribution in [1.82, 2.24) is 20.5 Å². The third kappa shape index (κ3) is 8.51. The molecule has 228 valence electrons. The van der Waals surface area contributed by atoms with E-state index in [9.17, 15) is 9.59 Å². The number of hydrogen-bond donors (Lipinski definition) is 1. The predicted molar refractivity (Wildman–Crippen MR) is 157 cm³/mol. The van der Waals surface area contributed by atoms with Gasteiger partial charge in [-0.3, -0.25) is 0 Å². The minimum Gasteiger partial charge on any atom is -0.497 e. The quantitative estimate of drug-likeness (QED) is 0.165. The van der Waals surface area contributed by atoms with Gasteiger partial charge in [-0.2, -0.15) is 0 Å². The Bertz CT molecular complexity index is 1520. The molecule has 0 aliphatic rings. The smallest absolute Gasteiger partial charge is 0.408 e. The Labute approximate surface area is 249 Å². The van der Waals surface area contributed by atoms with Crippen LogP contribution in [0.5, 0.6) is 17.2 Å². The second-order valence-corrected chi connectivity index (χ2v) is 10.2. The number of benzene rings is 3. The highest BCUT2D eigenvalue weighted by atomic mass is 16.8. The molecule has 1 heterocycles. The van der Waals surface area contributed by atoms with Gasteiger partial charge in [0.25, 0.3) is 6.79 Å². The van der Waals surface area contributed by atoms with Crippen LogP contribution < -0.4 is 24.4 Å². The fourth-order valence-electron chi connectivity index (χ4n) is 3.95.